The smallest absolute Gasteiger partial charge is 0.197 e. The number of carbonyl (C=O) groups is 1. The Morgan fingerprint density at radius 1 is 1.07 bits per heavy atom. The van der Waals surface area contributed by atoms with E-state index in [1.54, 1.807) is 0 Å². The average Bonchev–Trinajstić information content (AvgIpc) is 3.03. The highest BCUT2D eigenvalue weighted by Crippen LogP contribution is 2.33. The molecule has 0 spiro atoms. The van der Waals surface area contributed by atoms with Gasteiger partial charge in [0.1, 0.15) is 17.1 Å². The number of aryl methyl sites for hydroxylation is 1. The first kappa shape index (κ1) is 20.6. The van der Waals surface area contributed by atoms with E-state index in [0.29, 0.717) is 17.7 Å². The molecule has 1 aromatic heterocycles. The molecule has 2 aromatic carbocycles. The number of fused-ring (bicyclic) bond motifs is 1. The molecular formula is C22H22I2O3. The van der Waals surface area contributed by atoms with Crippen LogP contribution in [0.15, 0.2) is 40.8 Å². The molecule has 0 radical (unpaired) electrons. The van der Waals surface area contributed by atoms with Crippen LogP contribution < -0.4 is 4.74 Å². The minimum absolute atomic E-state index is 0.0175. The maximum Gasteiger partial charge on any atom is 0.197 e. The van der Waals surface area contributed by atoms with Gasteiger partial charge < -0.3 is 9.15 Å². The van der Waals surface area contributed by atoms with Crippen molar-refractivity contribution in [1.29, 1.82) is 0 Å². The summed E-state index contributed by atoms with van der Waals surface area (Å²) < 4.78 is 13.8. The summed E-state index contributed by atoms with van der Waals surface area (Å²) in [5.74, 6) is 1.67. The second kappa shape index (κ2) is 9.41. The number of unbranched alkanes of at least 4 members (excludes halogenated alkanes) is 1. The molecule has 0 saturated heterocycles. The molecule has 5 heteroatoms. The van der Waals surface area contributed by atoms with E-state index in [1.165, 1.54) is 0 Å². The Balaban J connectivity index is 2.05. The van der Waals surface area contributed by atoms with Crippen molar-refractivity contribution >= 4 is 61.9 Å². The Bertz CT molecular complexity index is 936. The van der Waals surface area contributed by atoms with Crippen LogP contribution in [-0.4, -0.2) is 12.4 Å². The van der Waals surface area contributed by atoms with Crippen LogP contribution in [0.5, 0.6) is 5.75 Å². The van der Waals surface area contributed by atoms with Crippen LogP contribution in [0.4, 0.5) is 0 Å². The van der Waals surface area contributed by atoms with Crippen molar-refractivity contribution in [2.45, 2.75) is 39.5 Å². The van der Waals surface area contributed by atoms with Gasteiger partial charge in [0.25, 0.3) is 0 Å². The lowest BCUT2D eigenvalue weighted by Crippen LogP contribution is -2.07. The maximum absolute atomic E-state index is 13.4. The van der Waals surface area contributed by atoms with Crippen molar-refractivity contribution in [2.75, 3.05) is 6.61 Å². The topological polar surface area (TPSA) is 39.4 Å². The molecule has 27 heavy (non-hydrogen) atoms. The minimum atomic E-state index is 0.0175. The quantitative estimate of drug-likeness (QED) is 0.210. The van der Waals surface area contributed by atoms with Crippen LogP contribution in [0, 0.1) is 7.14 Å². The van der Waals surface area contributed by atoms with Crippen LogP contribution in [0.1, 0.15) is 54.8 Å². The van der Waals surface area contributed by atoms with Gasteiger partial charge in [0, 0.05) is 17.4 Å². The Morgan fingerprint density at radius 3 is 2.44 bits per heavy atom. The van der Waals surface area contributed by atoms with Gasteiger partial charge in [-0.15, -0.1) is 0 Å². The molecule has 1 heterocycles. The molecule has 0 aliphatic carbocycles. The van der Waals surface area contributed by atoms with Gasteiger partial charge in [-0.1, -0.05) is 38.5 Å². The van der Waals surface area contributed by atoms with Crippen LogP contribution in [0.3, 0.4) is 0 Å². The van der Waals surface area contributed by atoms with E-state index < -0.39 is 0 Å². The summed E-state index contributed by atoms with van der Waals surface area (Å²) in [6.07, 6.45) is 3.79. The van der Waals surface area contributed by atoms with E-state index in [4.69, 9.17) is 9.15 Å². The predicted octanol–water partition coefficient (Wildman–Crippen LogP) is 7.00. The van der Waals surface area contributed by atoms with E-state index >= 15 is 0 Å². The summed E-state index contributed by atoms with van der Waals surface area (Å²) in [6.45, 7) is 4.90. The number of benzene rings is 2. The van der Waals surface area contributed by atoms with Gasteiger partial charge in [0.05, 0.1) is 19.3 Å². The van der Waals surface area contributed by atoms with E-state index in [0.717, 1.165) is 55.3 Å². The molecule has 0 amide bonds. The van der Waals surface area contributed by atoms with Crippen LogP contribution >= 0.6 is 45.2 Å². The van der Waals surface area contributed by atoms with Gasteiger partial charge in [0.2, 0.25) is 0 Å². The molecule has 142 valence electrons. The first-order chi connectivity index (χ1) is 13.1. The van der Waals surface area contributed by atoms with E-state index in [2.05, 4.69) is 59.0 Å². The number of hydrogen-bond donors (Lipinski definition) is 0. The fourth-order valence-corrected chi connectivity index (χ4v) is 5.12. The zero-order chi connectivity index (χ0) is 19.4. The highest BCUT2D eigenvalue weighted by atomic mass is 127. The number of carbonyl (C=O) groups excluding carboxylic acids is 1. The molecule has 0 aliphatic heterocycles. The van der Waals surface area contributed by atoms with Crippen molar-refractivity contribution in [3.05, 3.63) is 60.4 Å². The third kappa shape index (κ3) is 4.50. The van der Waals surface area contributed by atoms with Crippen molar-refractivity contribution in [1.82, 2.24) is 0 Å². The zero-order valence-corrected chi connectivity index (χ0v) is 19.8. The van der Waals surface area contributed by atoms with Gasteiger partial charge >= 0.3 is 0 Å². The fourth-order valence-electron chi connectivity index (χ4n) is 3.04. The fraction of sp³-hybridized carbons (Fsp3) is 0.318. The summed E-state index contributed by atoms with van der Waals surface area (Å²) >= 11 is 4.49. The molecule has 3 rings (SSSR count). The number of ether oxygens (including phenoxy) is 1. The molecule has 3 aromatic rings. The van der Waals surface area contributed by atoms with Gasteiger partial charge in [0.15, 0.2) is 5.78 Å². The molecule has 0 unspecified atom stereocenters. The first-order valence-corrected chi connectivity index (χ1v) is 11.4. The molecule has 0 N–H and O–H groups in total. The largest absolute Gasteiger partial charge is 0.491 e. The van der Waals surface area contributed by atoms with Gasteiger partial charge in [-0.25, -0.2) is 0 Å². The van der Waals surface area contributed by atoms with Crippen LogP contribution in [-0.2, 0) is 6.42 Å². The number of halogens is 2. The molecule has 3 nitrogen and oxygen atoms in total. The van der Waals surface area contributed by atoms with Crippen LogP contribution in [0.25, 0.3) is 11.0 Å². The normalized spacial score (nSPS) is 11.1. The van der Waals surface area contributed by atoms with Gasteiger partial charge in [-0.2, -0.15) is 0 Å². The molecule has 0 fully saturated rings. The second-order valence-corrected chi connectivity index (χ2v) is 8.77. The highest BCUT2D eigenvalue weighted by molar-refractivity contribution is 14.1. The number of ketones is 1. The SMILES string of the molecule is CCCCc1oc2ccccc2c1C(=O)c1cc(I)c(OCCC)c(I)c1. The molecule has 0 aliphatic rings. The summed E-state index contributed by atoms with van der Waals surface area (Å²) in [4.78, 5) is 13.4. The van der Waals surface area contributed by atoms with Crippen molar-refractivity contribution < 1.29 is 13.9 Å². The summed E-state index contributed by atoms with van der Waals surface area (Å²) in [5.41, 5.74) is 2.16. The molecule has 0 bridgehead atoms. The molecule has 0 saturated carbocycles. The van der Waals surface area contributed by atoms with Gasteiger partial charge in [-0.3, -0.25) is 4.79 Å². The zero-order valence-electron chi connectivity index (χ0n) is 15.5. The lowest BCUT2D eigenvalue weighted by molar-refractivity contribution is 0.103. The maximum atomic E-state index is 13.4. The Kier molecular flexibility index (Phi) is 7.19. The summed E-state index contributed by atoms with van der Waals surface area (Å²) in [5, 5.41) is 0.893. The first-order valence-electron chi connectivity index (χ1n) is 9.23. The third-order valence-electron chi connectivity index (χ3n) is 4.36. The molecule has 0 atom stereocenters. The van der Waals surface area contributed by atoms with Crippen molar-refractivity contribution in [3.63, 3.8) is 0 Å². The Labute approximate surface area is 187 Å². The standard InChI is InChI=1S/C22H22I2O3/c1-3-5-9-19-20(15-8-6-7-10-18(15)27-19)21(25)14-12-16(23)22(17(24)13-14)26-11-4-2/h6-8,10,12-13H,3-5,9,11H2,1-2H3. The van der Waals surface area contributed by atoms with E-state index in [-0.39, 0.29) is 5.78 Å². The Hall–Kier alpha value is -1.09. The number of para-hydroxylation sites is 1. The van der Waals surface area contributed by atoms with Crippen LogP contribution in [0.2, 0.25) is 0 Å². The Morgan fingerprint density at radius 2 is 1.78 bits per heavy atom. The van der Waals surface area contributed by atoms with Crippen molar-refractivity contribution in [2.24, 2.45) is 0 Å². The second-order valence-electron chi connectivity index (χ2n) is 6.45. The lowest BCUT2D eigenvalue weighted by Gasteiger charge is -2.11. The summed E-state index contributed by atoms with van der Waals surface area (Å²) in [6, 6.07) is 11.6. The predicted molar refractivity (Wildman–Crippen MR) is 126 cm³/mol. The van der Waals surface area contributed by atoms with E-state index in [9.17, 15) is 4.79 Å². The highest BCUT2D eigenvalue weighted by Gasteiger charge is 2.23. The average molecular weight is 588 g/mol. The lowest BCUT2D eigenvalue weighted by atomic mass is 9.98. The minimum Gasteiger partial charge on any atom is -0.491 e. The summed E-state index contributed by atoms with van der Waals surface area (Å²) in [7, 11) is 0. The third-order valence-corrected chi connectivity index (χ3v) is 5.97. The number of hydrogen-bond acceptors (Lipinski definition) is 3. The monoisotopic (exact) mass is 588 g/mol. The molecular weight excluding hydrogens is 566 g/mol. The van der Waals surface area contributed by atoms with Crippen molar-refractivity contribution in [3.8, 4) is 5.75 Å². The van der Waals surface area contributed by atoms with E-state index in [1.807, 2.05) is 36.4 Å². The van der Waals surface area contributed by atoms with Gasteiger partial charge in [-0.05, 0) is 76.2 Å². The number of furan rings is 1. The number of rotatable bonds is 8.